The lowest BCUT2D eigenvalue weighted by Gasteiger charge is -2.61. The van der Waals surface area contributed by atoms with Gasteiger partial charge < -0.3 is 0 Å². The lowest BCUT2D eigenvalue weighted by Crippen LogP contribution is -2.59. The fraction of sp³-hybridized carbons (Fsp3) is 0.143. The van der Waals surface area contributed by atoms with Crippen molar-refractivity contribution in [1.29, 1.82) is 0 Å². The molecule has 1 fully saturated rings. The molecule has 0 bridgehead atoms. The Bertz CT molecular complexity index is 866. The molecule has 5 rings (SSSR count). The van der Waals surface area contributed by atoms with Crippen LogP contribution < -0.4 is 0 Å². The average molecular weight is 360 g/mol. The van der Waals surface area contributed by atoms with Crippen molar-refractivity contribution in [3.8, 4) is 0 Å². The van der Waals surface area contributed by atoms with E-state index in [1.165, 1.54) is 22.3 Å². The third kappa shape index (κ3) is 2.31. The summed E-state index contributed by atoms with van der Waals surface area (Å²) in [5.41, 5.74) is 5.47. The lowest BCUT2D eigenvalue weighted by atomic mass is 9.40. The molecule has 0 heteroatoms. The third-order valence-corrected chi connectivity index (χ3v) is 6.67. The average Bonchev–Trinajstić information content (AvgIpc) is 2.77. The van der Waals surface area contributed by atoms with Gasteiger partial charge in [-0.15, -0.1) is 0 Å². The number of rotatable bonds is 4. The molecule has 4 aromatic carbocycles. The van der Waals surface area contributed by atoms with Gasteiger partial charge in [-0.3, -0.25) is 0 Å². The molecule has 0 aromatic heterocycles. The Kier molecular flexibility index (Phi) is 4.13. The minimum atomic E-state index is -0.0712. The van der Waals surface area contributed by atoms with Gasteiger partial charge in [0.1, 0.15) is 0 Å². The smallest absolute Gasteiger partial charge is 0.0340 e. The highest BCUT2D eigenvalue weighted by molar-refractivity contribution is 5.59. The molecular formula is C28H24. The Morgan fingerprint density at radius 1 is 0.321 bits per heavy atom. The second-order valence-corrected chi connectivity index (χ2v) is 7.77. The van der Waals surface area contributed by atoms with E-state index >= 15 is 0 Å². The number of hydrogen-bond acceptors (Lipinski definition) is 0. The fourth-order valence-electron chi connectivity index (χ4n) is 5.41. The SMILES string of the molecule is c1ccc(C2(c3ccccc3)CCC2(c2ccccc2)c2ccccc2)cc1. The van der Waals surface area contributed by atoms with Crippen molar-refractivity contribution in [2.75, 3.05) is 0 Å². The van der Waals surface area contributed by atoms with Gasteiger partial charge in [0, 0.05) is 10.8 Å². The van der Waals surface area contributed by atoms with E-state index in [9.17, 15) is 0 Å². The van der Waals surface area contributed by atoms with Gasteiger partial charge in [-0.2, -0.15) is 0 Å². The van der Waals surface area contributed by atoms with Gasteiger partial charge in [-0.25, -0.2) is 0 Å². The Labute approximate surface area is 167 Å². The summed E-state index contributed by atoms with van der Waals surface area (Å²) in [6.07, 6.45) is 2.29. The molecule has 0 nitrogen and oxygen atoms in total. The number of benzene rings is 4. The monoisotopic (exact) mass is 360 g/mol. The molecule has 1 aliphatic rings. The zero-order chi connectivity index (χ0) is 18.9. The first-order valence-corrected chi connectivity index (χ1v) is 10.1. The van der Waals surface area contributed by atoms with Crippen LogP contribution in [0.5, 0.6) is 0 Å². The van der Waals surface area contributed by atoms with Crippen LogP contribution in [0.15, 0.2) is 121 Å². The van der Waals surface area contributed by atoms with Crippen LogP contribution in [0, 0.1) is 0 Å². The summed E-state index contributed by atoms with van der Waals surface area (Å²) in [5.74, 6) is 0. The van der Waals surface area contributed by atoms with Crippen LogP contribution in [-0.2, 0) is 10.8 Å². The summed E-state index contributed by atoms with van der Waals surface area (Å²) in [5, 5.41) is 0. The van der Waals surface area contributed by atoms with Crippen molar-refractivity contribution < 1.29 is 0 Å². The minimum absolute atomic E-state index is 0.0712. The van der Waals surface area contributed by atoms with Gasteiger partial charge in [-0.05, 0) is 35.1 Å². The van der Waals surface area contributed by atoms with Crippen molar-refractivity contribution in [2.24, 2.45) is 0 Å². The van der Waals surface area contributed by atoms with Crippen LogP contribution >= 0.6 is 0 Å². The van der Waals surface area contributed by atoms with Gasteiger partial charge in [0.2, 0.25) is 0 Å². The van der Waals surface area contributed by atoms with E-state index in [0.717, 1.165) is 12.8 Å². The highest BCUT2D eigenvalue weighted by Gasteiger charge is 2.62. The maximum absolute atomic E-state index is 2.31. The van der Waals surface area contributed by atoms with Gasteiger partial charge in [0.25, 0.3) is 0 Å². The minimum Gasteiger partial charge on any atom is -0.0622 e. The Hall–Kier alpha value is -3.12. The largest absolute Gasteiger partial charge is 0.0622 e. The van der Waals surface area contributed by atoms with Crippen LogP contribution in [0.2, 0.25) is 0 Å². The maximum atomic E-state index is 2.31. The first kappa shape index (κ1) is 17.0. The zero-order valence-corrected chi connectivity index (χ0v) is 16.0. The first-order chi connectivity index (χ1) is 13.9. The Morgan fingerprint density at radius 2 is 0.536 bits per heavy atom. The molecule has 0 saturated heterocycles. The van der Waals surface area contributed by atoms with Crippen LogP contribution in [0.4, 0.5) is 0 Å². The van der Waals surface area contributed by atoms with Crippen LogP contribution in [-0.4, -0.2) is 0 Å². The highest BCUT2D eigenvalue weighted by Crippen LogP contribution is 2.65. The molecule has 4 aromatic rings. The molecule has 28 heavy (non-hydrogen) atoms. The van der Waals surface area contributed by atoms with Crippen molar-refractivity contribution >= 4 is 0 Å². The predicted octanol–water partition coefficient (Wildman–Crippen LogP) is 6.75. The summed E-state index contributed by atoms with van der Waals surface area (Å²) >= 11 is 0. The number of hydrogen-bond donors (Lipinski definition) is 0. The normalized spacial score (nSPS) is 16.9. The van der Waals surface area contributed by atoms with Gasteiger partial charge >= 0.3 is 0 Å². The van der Waals surface area contributed by atoms with Gasteiger partial charge in [-0.1, -0.05) is 121 Å². The fourth-order valence-corrected chi connectivity index (χ4v) is 5.41. The van der Waals surface area contributed by atoms with Crippen molar-refractivity contribution in [3.05, 3.63) is 144 Å². The van der Waals surface area contributed by atoms with Crippen molar-refractivity contribution in [1.82, 2.24) is 0 Å². The Balaban J connectivity index is 1.86. The molecule has 1 aliphatic carbocycles. The molecule has 0 spiro atoms. The standard InChI is InChI=1S/C28H24/c1-5-13-23(14-6-1)27(24-15-7-2-8-16-24)21-22-28(27,25-17-9-3-10-18-25)26-19-11-4-12-20-26/h1-20H,21-22H2. The van der Waals surface area contributed by atoms with Crippen LogP contribution in [0.1, 0.15) is 35.1 Å². The topological polar surface area (TPSA) is 0 Å². The van der Waals surface area contributed by atoms with E-state index in [2.05, 4.69) is 121 Å². The molecule has 0 unspecified atom stereocenters. The molecule has 0 amide bonds. The molecule has 0 radical (unpaired) electrons. The third-order valence-electron chi connectivity index (χ3n) is 6.67. The van der Waals surface area contributed by atoms with Crippen molar-refractivity contribution in [2.45, 2.75) is 23.7 Å². The molecular weight excluding hydrogens is 336 g/mol. The second-order valence-electron chi connectivity index (χ2n) is 7.77. The lowest BCUT2D eigenvalue weighted by molar-refractivity contribution is 0.151. The van der Waals surface area contributed by atoms with E-state index in [4.69, 9.17) is 0 Å². The van der Waals surface area contributed by atoms with E-state index in [1.807, 2.05) is 0 Å². The summed E-state index contributed by atoms with van der Waals surface area (Å²) in [6.45, 7) is 0. The zero-order valence-electron chi connectivity index (χ0n) is 16.0. The summed E-state index contributed by atoms with van der Waals surface area (Å²) in [7, 11) is 0. The van der Waals surface area contributed by atoms with Crippen LogP contribution in [0.3, 0.4) is 0 Å². The molecule has 0 heterocycles. The van der Waals surface area contributed by atoms with E-state index in [-0.39, 0.29) is 10.8 Å². The molecule has 0 aliphatic heterocycles. The van der Waals surface area contributed by atoms with Gasteiger partial charge in [0.15, 0.2) is 0 Å². The quantitative estimate of drug-likeness (QED) is 0.377. The molecule has 0 atom stereocenters. The van der Waals surface area contributed by atoms with E-state index in [1.54, 1.807) is 0 Å². The predicted molar refractivity (Wildman–Crippen MR) is 117 cm³/mol. The summed E-state index contributed by atoms with van der Waals surface area (Å²) < 4.78 is 0. The van der Waals surface area contributed by atoms with Crippen LogP contribution in [0.25, 0.3) is 0 Å². The molecule has 136 valence electrons. The van der Waals surface area contributed by atoms with Gasteiger partial charge in [0.05, 0.1) is 0 Å². The first-order valence-electron chi connectivity index (χ1n) is 10.1. The van der Waals surface area contributed by atoms with E-state index in [0.29, 0.717) is 0 Å². The van der Waals surface area contributed by atoms with E-state index < -0.39 is 0 Å². The Morgan fingerprint density at radius 3 is 0.714 bits per heavy atom. The molecule has 0 N–H and O–H groups in total. The highest BCUT2D eigenvalue weighted by atomic mass is 14.6. The second kappa shape index (κ2) is 6.80. The molecule has 1 saturated carbocycles. The summed E-state index contributed by atoms with van der Waals surface area (Å²) in [4.78, 5) is 0. The maximum Gasteiger partial charge on any atom is 0.0340 e. The van der Waals surface area contributed by atoms with Crippen molar-refractivity contribution in [3.63, 3.8) is 0 Å². The summed E-state index contributed by atoms with van der Waals surface area (Å²) in [6, 6.07) is 44.4.